The summed E-state index contributed by atoms with van der Waals surface area (Å²) in [7, 11) is -3.43. The maximum absolute atomic E-state index is 11.8. The zero-order valence-electron chi connectivity index (χ0n) is 11.3. The monoisotopic (exact) mass is 296 g/mol. The molecule has 0 bridgehead atoms. The minimum Gasteiger partial charge on any atom is -0.369 e. The Bertz CT molecular complexity index is 548. The van der Waals surface area contributed by atoms with E-state index in [1.54, 1.807) is 0 Å². The van der Waals surface area contributed by atoms with Crippen LogP contribution in [0, 0.1) is 0 Å². The van der Waals surface area contributed by atoms with E-state index < -0.39 is 10.2 Å². The third kappa shape index (κ3) is 3.62. The van der Waals surface area contributed by atoms with Crippen molar-refractivity contribution < 1.29 is 8.42 Å². The van der Waals surface area contributed by atoms with Gasteiger partial charge in [0.25, 0.3) is 10.2 Å². The number of piperazine rings is 1. The third-order valence-corrected chi connectivity index (χ3v) is 4.65. The van der Waals surface area contributed by atoms with Gasteiger partial charge in [0.15, 0.2) is 0 Å². The van der Waals surface area contributed by atoms with Gasteiger partial charge in [-0.05, 0) is 37.1 Å². The zero-order valence-corrected chi connectivity index (χ0v) is 12.1. The Hall–Kier alpha value is -1.31. The summed E-state index contributed by atoms with van der Waals surface area (Å²) in [4.78, 5) is 2.29. The normalized spacial score (nSPS) is 19.9. The van der Waals surface area contributed by atoms with Gasteiger partial charge in [-0.25, -0.2) is 0 Å². The molecule has 0 atom stereocenters. The first-order valence-electron chi connectivity index (χ1n) is 6.98. The average Bonchev–Trinajstić information content (AvgIpc) is 3.23. The fraction of sp³-hybridized carbons (Fsp3) is 0.538. The van der Waals surface area contributed by atoms with Gasteiger partial charge in [0.05, 0.1) is 0 Å². The Morgan fingerprint density at radius 3 is 2.35 bits per heavy atom. The molecule has 2 aliphatic rings. The summed E-state index contributed by atoms with van der Waals surface area (Å²) in [6, 6.07) is 7.65. The van der Waals surface area contributed by atoms with E-state index in [0.717, 1.165) is 44.7 Å². The van der Waals surface area contributed by atoms with Crippen LogP contribution in [0.4, 0.5) is 11.4 Å². The molecular formula is C13H20N4O2S. The fourth-order valence-electron chi connectivity index (χ4n) is 2.27. The van der Waals surface area contributed by atoms with Crippen molar-refractivity contribution in [3.05, 3.63) is 24.3 Å². The van der Waals surface area contributed by atoms with E-state index in [1.807, 2.05) is 24.3 Å². The van der Waals surface area contributed by atoms with Crippen LogP contribution in [0.2, 0.25) is 0 Å². The molecule has 110 valence electrons. The first-order chi connectivity index (χ1) is 9.62. The van der Waals surface area contributed by atoms with Gasteiger partial charge in [-0.2, -0.15) is 13.1 Å². The highest BCUT2D eigenvalue weighted by Gasteiger charge is 2.26. The molecule has 3 N–H and O–H groups in total. The Balaban J connectivity index is 1.63. The van der Waals surface area contributed by atoms with Gasteiger partial charge < -0.3 is 10.2 Å². The summed E-state index contributed by atoms with van der Waals surface area (Å²) in [6.45, 7) is 3.93. The largest absolute Gasteiger partial charge is 0.369 e. The lowest BCUT2D eigenvalue weighted by Crippen LogP contribution is -2.43. The van der Waals surface area contributed by atoms with Crippen molar-refractivity contribution in [1.29, 1.82) is 0 Å². The van der Waals surface area contributed by atoms with Gasteiger partial charge in [-0.1, -0.05) is 0 Å². The number of nitrogens with zero attached hydrogens (tertiary/aromatic N) is 1. The van der Waals surface area contributed by atoms with Crippen LogP contribution >= 0.6 is 0 Å². The van der Waals surface area contributed by atoms with Crippen molar-refractivity contribution >= 4 is 21.6 Å². The van der Waals surface area contributed by atoms with Crippen molar-refractivity contribution in [2.24, 2.45) is 0 Å². The molecule has 1 aromatic carbocycles. The second-order valence-corrected chi connectivity index (χ2v) is 6.73. The maximum atomic E-state index is 11.8. The van der Waals surface area contributed by atoms with Gasteiger partial charge in [-0.3, -0.25) is 4.72 Å². The molecule has 0 aromatic heterocycles. The van der Waals surface area contributed by atoms with Gasteiger partial charge in [0, 0.05) is 43.6 Å². The summed E-state index contributed by atoms with van der Waals surface area (Å²) in [5.41, 5.74) is 1.72. The van der Waals surface area contributed by atoms with Crippen LogP contribution in [-0.2, 0) is 10.2 Å². The number of hydrogen-bond acceptors (Lipinski definition) is 4. The summed E-state index contributed by atoms with van der Waals surface area (Å²) in [5.74, 6) is 0. The molecule has 1 aliphatic heterocycles. The molecular weight excluding hydrogens is 276 g/mol. The number of hydrogen-bond donors (Lipinski definition) is 3. The second kappa shape index (κ2) is 5.59. The molecule has 2 fully saturated rings. The maximum Gasteiger partial charge on any atom is 0.299 e. The molecule has 3 rings (SSSR count). The van der Waals surface area contributed by atoms with Crippen molar-refractivity contribution in [3.8, 4) is 0 Å². The predicted molar refractivity (Wildman–Crippen MR) is 80.2 cm³/mol. The highest BCUT2D eigenvalue weighted by atomic mass is 32.2. The fourth-order valence-corrected chi connectivity index (χ4v) is 3.45. The predicted octanol–water partition coefficient (Wildman–Crippen LogP) is 0.505. The second-order valence-electron chi connectivity index (χ2n) is 5.28. The van der Waals surface area contributed by atoms with Crippen molar-refractivity contribution in [2.75, 3.05) is 35.8 Å². The van der Waals surface area contributed by atoms with Crippen molar-refractivity contribution in [1.82, 2.24) is 10.0 Å². The molecule has 0 unspecified atom stereocenters. The van der Waals surface area contributed by atoms with Crippen molar-refractivity contribution in [2.45, 2.75) is 18.9 Å². The lowest BCUT2D eigenvalue weighted by molar-refractivity contribution is 0.586. The minimum absolute atomic E-state index is 0.118. The molecule has 20 heavy (non-hydrogen) atoms. The molecule has 0 spiro atoms. The number of rotatable bonds is 5. The van der Waals surface area contributed by atoms with Gasteiger partial charge in [0.1, 0.15) is 0 Å². The Labute approximate surface area is 119 Å². The van der Waals surface area contributed by atoms with Gasteiger partial charge in [-0.15, -0.1) is 0 Å². The van der Waals surface area contributed by atoms with Crippen LogP contribution in [0.3, 0.4) is 0 Å². The van der Waals surface area contributed by atoms with Crippen LogP contribution < -0.4 is 19.7 Å². The Kier molecular flexibility index (Phi) is 3.82. The summed E-state index contributed by atoms with van der Waals surface area (Å²) >= 11 is 0. The van der Waals surface area contributed by atoms with E-state index in [4.69, 9.17) is 0 Å². The quantitative estimate of drug-likeness (QED) is 0.740. The molecule has 1 saturated carbocycles. The van der Waals surface area contributed by atoms with E-state index in [-0.39, 0.29) is 6.04 Å². The van der Waals surface area contributed by atoms with Crippen LogP contribution in [0.1, 0.15) is 12.8 Å². The lowest BCUT2D eigenvalue weighted by Gasteiger charge is -2.29. The van der Waals surface area contributed by atoms with E-state index in [0.29, 0.717) is 5.69 Å². The Morgan fingerprint density at radius 1 is 1.10 bits per heavy atom. The molecule has 0 amide bonds. The van der Waals surface area contributed by atoms with Gasteiger partial charge in [0.2, 0.25) is 0 Å². The highest BCUT2D eigenvalue weighted by molar-refractivity contribution is 7.90. The molecule has 6 nitrogen and oxygen atoms in total. The number of anilines is 2. The molecule has 1 aromatic rings. The molecule has 7 heteroatoms. The summed E-state index contributed by atoms with van der Waals surface area (Å²) in [6.07, 6.45) is 1.87. The zero-order chi connectivity index (χ0) is 14.0. The van der Waals surface area contributed by atoms with Crippen LogP contribution in [0.25, 0.3) is 0 Å². The van der Waals surface area contributed by atoms with E-state index in [9.17, 15) is 8.42 Å². The Morgan fingerprint density at radius 2 is 1.75 bits per heavy atom. The van der Waals surface area contributed by atoms with E-state index in [1.165, 1.54) is 0 Å². The van der Waals surface area contributed by atoms with Crippen LogP contribution in [0.15, 0.2) is 24.3 Å². The van der Waals surface area contributed by atoms with E-state index >= 15 is 0 Å². The summed E-state index contributed by atoms with van der Waals surface area (Å²) < 4.78 is 28.7. The van der Waals surface area contributed by atoms with Crippen molar-refractivity contribution in [3.63, 3.8) is 0 Å². The molecule has 1 heterocycles. The topological polar surface area (TPSA) is 73.5 Å². The molecule has 0 radical (unpaired) electrons. The SMILES string of the molecule is O=S(=O)(Nc1ccc(N2CCNCC2)cc1)NC1CC1. The molecule has 1 aliphatic carbocycles. The smallest absolute Gasteiger partial charge is 0.299 e. The van der Waals surface area contributed by atoms with Gasteiger partial charge >= 0.3 is 0 Å². The number of benzene rings is 1. The first kappa shape index (κ1) is 13.7. The molecule has 1 saturated heterocycles. The lowest BCUT2D eigenvalue weighted by atomic mass is 10.2. The van der Waals surface area contributed by atoms with Crippen LogP contribution in [0.5, 0.6) is 0 Å². The standard InChI is InChI=1S/C13H20N4O2S/c18-20(19,15-11-1-2-11)16-12-3-5-13(6-4-12)17-9-7-14-8-10-17/h3-6,11,14-16H,1-2,7-10H2. The summed E-state index contributed by atoms with van der Waals surface area (Å²) in [5, 5.41) is 3.31. The minimum atomic E-state index is -3.43. The highest BCUT2D eigenvalue weighted by Crippen LogP contribution is 2.22. The van der Waals surface area contributed by atoms with Crippen LogP contribution in [-0.4, -0.2) is 40.6 Å². The first-order valence-corrected chi connectivity index (χ1v) is 8.46. The number of nitrogens with one attached hydrogen (secondary N) is 3. The average molecular weight is 296 g/mol. The van der Waals surface area contributed by atoms with E-state index in [2.05, 4.69) is 19.7 Å². The third-order valence-electron chi connectivity index (χ3n) is 3.50.